The van der Waals surface area contributed by atoms with Crippen molar-refractivity contribution in [2.75, 3.05) is 54.6 Å². The van der Waals surface area contributed by atoms with E-state index in [1.807, 2.05) is 35.1 Å². The Bertz CT molecular complexity index is 1370. The highest BCUT2D eigenvalue weighted by atomic mass is 16.5. The van der Waals surface area contributed by atoms with Gasteiger partial charge >= 0.3 is 0 Å². The normalized spacial score (nSPS) is 16.4. The number of aromatic nitrogens is 3. The summed E-state index contributed by atoms with van der Waals surface area (Å²) >= 11 is 0. The van der Waals surface area contributed by atoms with Crippen molar-refractivity contribution in [1.82, 2.24) is 14.6 Å². The van der Waals surface area contributed by atoms with Gasteiger partial charge in [-0.3, -0.25) is 5.43 Å². The highest BCUT2D eigenvalue weighted by Crippen LogP contribution is 2.29. The van der Waals surface area contributed by atoms with Gasteiger partial charge in [0, 0.05) is 43.5 Å². The molecule has 2 saturated heterocycles. The molecular weight excluding hydrogens is 450 g/mol. The number of nitrogens with zero attached hydrogens (tertiary/aromatic N) is 6. The van der Waals surface area contributed by atoms with Crippen molar-refractivity contribution < 1.29 is 4.74 Å². The van der Waals surface area contributed by atoms with Crippen LogP contribution in [0.15, 0.2) is 65.9 Å². The summed E-state index contributed by atoms with van der Waals surface area (Å²) in [7, 11) is 0. The number of hydrogen-bond acceptors (Lipinski definition) is 7. The van der Waals surface area contributed by atoms with Crippen LogP contribution in [0.25, 0.3) is 16.9 Å². The zero-order valence-corrected chi connectivity index (χ0v) is 20.6. The van der Waals surface area contributed by atoms with Crippen LogP contribution in [-0.2, 0) is 4.74 Å². The minimum Gasteiger partial charge on any atom is -0.378 e. The second-order valence-corrected chi connectivity index (χ2v) is 9.43. The van der Waals surface area contributed by atoms with Gasteiger partial charge < -0.3 is 14.5 Å². The summed E-state index contributed by atoms with van der Waals surface area (Å²) in [6.07, 6.45) is 6.36. The molecule has 2 fully saturated rings. The lowest BCUT2D eigenvalue weighted by molar-refractivity contribution is 0.123. The Hall–Kier alpha value is -3.91. The largest absolute Gasteiger partial charge is 0.378 e. The average Bonchev–Trinajstić information content (AvgIpc) is 3.60. The summed E-state index contributed by atoms with van der Waals surface area (Å²) in [5.41, 5.74) is 10.5. The first-order chi connectivity index (χ1) is 17.7. The Morgan fingerprint density at radius 3 is 2.53 bits per heavy atom. The highest BCUT2D eigenvalue weighted by molar-refractivity contribution is 5.81. The zero-order chi connectivity index (χ0) is 24.3. The Balaban J connectivity index is 1.31. The molecule has 4 aromatic rings. The lowest BCUT2D eigenvalue weighted by atomic mass is 10.1. The van der Waals surface area contributed by atoms with E-state index in [0.717, 1.165) is 54.3 Å². The van der Waals surface area contributed by atoms with Gasteiger partial charge in [-0.1, -0.05) is 42.0 Å². The molecule has 8 nitrogen and oxygen atoms in total. The first-order valence-electron chi connectivity index (χ1n) is 12.7. The number of morpholine rings is 1. The number of benzene rings is 2. The van der Waals surface area contributed by atoms with Crippen LogP contribution in [0.3, 0.4) is 0 Å². The first-order valence-corrected chi connectivity index (χ1v) is 12.7. The average molecular weight is 482 g/mol. The molecule has 0 bridgehead atoms. The molecule has 1 N–H and O–H groups in total. The molecule has 0 saturated carbocycles. The molecule has 184 valence electrons. The van der Waals surface area contributed by atoms with E-state index >= 15 is 0 Å². The van der Waals surface area contributed by atoms with Crippen molar-refractivity contribution >= 4 is 29.1 Å². The van der Waals surface area contributed by atoms with Crippen LogP contribution < -0.4 is 15.2 Å². The van der Waals surface area contributed by atoms with Crippen LogP contribution >= 0.6 is 0 Å². The highest BCUT2D eigenvalue weighted by Gasteiger charge is 2.19. The topological polar surface area (TPSA) is 70.3 Å². The lowest BCUT2D eigenvalue weighted by Crippen LogP contribution is -2.36. The maximum absolute atomic E-state index is 5.59. The van der Waals surface area contributed by atoms with E-state index in [2.05, 4.69) is 63.6 Å². The fourth-order valence-corrected chi connectivity index (χ4v) is 4.93. The molecule has 0 amide bonds. The second kappa shape index (κ2) is 9.99. The summed E-state index contributed by atoms with van der Waals surface area (Å²) in [5.74, 6) is 0.668. The molecule has 0 spiro atoms. The van der Waals surface area contributed by atoms with Crippen LogP contribution in [0.4, 0.5) is 17.2 Å². The Morgan fingerprint density at radius 1 is 0.944 bits per heavy atom. The van der Waals surface area contributed by atoms with Crippen molar-refractivity contribution in [3.05, 3.63) is 71.9 Å². The van der Waals surface area contributed by atoms with Gasteiger partial charge in [0.05, 0.1) is 37.0 Å². The first kappa shape index (κ1) is 22.5. The minimum absolute atomic E-state index is 0.668. The number of aryl methyl sites for hydroxylation is 1. The van der Waals surface area contributed by atoms with Crippen LogP contribution in [0.5, 0.6) is 0 Å². The predicted octanol–water partition coefficient (Wildman–Crippen LogP) is 4.59. The van der Waals surface area contributed by atoms with E-state index < -0.39 is 0 Å². The molecule has 0 atom stereocenters. The number of hydrazone groups is 1. The van der Waals surface area contributed by atoms with Crippen LogP contribution in [0.1, 0.15) is 24.0 Å². The lowest BCUT2D eigenvalue weighted by Gasteiger charge is -2.29. The number of ether oxygens (including phenoxy) is 1. The van der Waals surface area contributed by atoms with Gasteiger partial charge in [-0.05, 0) is 37.5 Å². The second-order valence-electron chi connectivity index (χ2n) is 9.43. The van der Waals surface area contributed by atoms with Gasteiger partial charge in [0.2, 0.25) is 0 Å². The molecule has 2 aliphatic heterocycles. The maximum Gasteiger partial charge on any atom is 0.177 e. The molecule has 36 heavy (non-hydrogen) atoms. The Kier molecular flexibility index (Phi) is 6.26. The maximum atomic E-state index is 5.59. The molecule has 0 radical (unpaired) electrons. The summed E-state index contributed by atoms with van der Waals surface area (Å²) in [6.45, 7) is 7.40. The van der Waals surface area contributed by atoms with Gasteiger partial charge in [0.25, 0.3) is 0 Å². The van der Waals surface area contributed by atoms with Crippen molar-refractivity contribution in [1.29, 1.82) is 0 Å². The van der Waals surface area contributed by atoms with Crippen molar-refractivity contribution in [2.45, 2.75) is 19.8 Å². The Labute approximate surface area is 211 Å². The quantitative estimate of drug-likeness (QED) is 0.321. The van der Waals surface area contributed by atoms with Crippen LogP contribution in [-0.4, -0.2) is 60.2 Å². The summed E-state index contributed by atoms with van der Waals surface area (Å²) in [6, 6.07) is 19.0. The molecule has 2 aromatic carbocycles. The van der Waals surface area contributed by atoms with E-state index in [9.17, 15) is 0 Å². The van der Waals surface area contributed by atoms with Gasteiger partial charge in [0.1, 0.15) is 0 Å². The van der Waals surface area contributed by atoms with Gasteiger partial charge in [-0.15, -0.1) is 5.10 Å². The van der Waals surface area contributed by atoms with Crippen molar-refractivity contribution in [3.8, 4) is 11.3 Å². The van der Waals surface area contributed by atoms with Crippen LogP contribution in [0, 0.1) is 6.92 Å². The predicted molar refractivity (Wildman–Crippen MR) is 145 cm³/mol. The number of nitrogens with one attached hydrogen (secondary N) is 1. The van der Waals surface area contributed by atoms with Gasteiger partial charge in [-0.25, -0.2) is 9.50 Å². The van der Waals surface area contributed by atoms with E-state index in [1.165, 1.54) is 24.1 Å². The summed E-state index contributed by atoms with van der Waals surface area (Å²) in [5, 5.41) is 9.21. The summed E-state index contributed by atoms with van der Waals surface area (Å²) in [4.78, 5) is 9.76. The van der Waals surface area contributed by atoms with Crippen molar-refractivity contribution in [3.63, 3.8) is 0 Å². The molecule has 0 aliphatic carbocycles. The number of hydrogen-bond donors (Lipinski definition) is 1. The van der Waals surface area contributed by atoms with Crippen LogP contribution in [0.2, 0.25) is 0 Å². The van der Waals surface area contributed by atoms with Gasteiger partial charge in [-0.2, -0.15) is 5.10 Å². The third-order valence-electron chi connectivity index (χ3n) is 6.83. The van der Waals surface area contributed by atoms with Gasteiger partial charge in [0.15, 0.2) is 11.5 Å². The third-order valence-corrected chi connectivity index (χ3v) is 6.83. The SMILES string of the molecule is Cc1cccc(/C=N/Nc2cc(N3CCOCC3)c3nc(-c4ccc(N5CCCC5)cc4)cn3n2)c1. The fourth-order valence-electron chi connectivity index (χ4n) is 4.93. The van der Waals surface area contributed by atoms with E-state index in [1.54, 1.807) is 0 Å². The Morgan fingerprint density at radius 2 is 1.75 bits per heavy atom. The third kappa shape index (κ3) is 4.77. The number of fused-ring (bicyclic) bond motifs is 1. The van der Waals surface area contributed by atoms with Crippen molar-refractivity contribution in [2.24, 2.45) is 5.10 Å². The molecule has 6 rings (SSSR count). The smallest absolute Gasteiger partial charge is 0.177 e. The monoisotopic (exact) mass is 481 g/mol. The zero-order valence-electron chi connectivity index (χ0n) is 20.6. The van der Waals surface area contributed by atoms with E-state index in [0.29, 0.717) is 19.0 Å². The number of anilines is 3. The molecule has 0 unspecified atom stereocenters. The molecule has 8 heteroatoms. The number of imidazole rings is 1. The fraction of sp³-hybridized carbons (Fsp3) is 0.321. The minimum atomic E-state index is 0.668. The molecule has 4 heterocycles. The molecule has 2 aliphatic rings. The van der Waals surface area contributed by atoms with E-state index in [4.69, 9.17) is 14.8 Å². The van der Waals surface area contributed by atoms with E-state index in [-0.39, 0.29) is 0 Å². The summed E-state index contributed by atoms with van der Waals surface area (Å²) < 4.78 is 7.45. The number of rotatable bonds is 6. The molecular formula is C28H31N7O. The molecule has 2 aromatic heterocycles. The standard InChI is InChI=1S/C28H31N7O/c1-21-5-4-6-22(17-21)19-29-31-27-18-26(34-13-15-36-16-14-34)28-30-25(20-35(28)32-27)23-7-9-24(10-8-23)33-11-2-3-12-33/h4-10,17-20H,2-3,11-16H2,1H3,(H,31,32)/b29-19+.